The highest BCUT2D eigenvalue weighted by molar-refractivity contribution is 6.28. The molecule has 0 atom stereocenters. The molecule has 0 N–H and O–H groups in total. The summed E-state index contributed by atoms with van der Waals surface area (Å²) in [6, 6.07) is 0. The first-order valence-electron chi connectivity index (χ1n) is 4.12. The third-order valence-electron chi connectivity index (χ3n) is 1.91. The van der Waals surface area contributed by atoms with Gasteiger partial charge in [0.1, 0.15) is 6.73 Å². The second-order valence-electron chi connectivity index (χ2n) is 2.85. The fourth-order valence-corrected chi connectivity index (χ4v) is 1.28. The van der Waals surface area contributed by atoms with Crippen molar-refractivity contribution in [3.05, 3.63) is 23.2 Å². The van der Waals surface area contributed by atoms with E-state index in [2.05, 4.69) is 9.97 Å². The summed E-state index contributed by atoms with van der Waals surface area (Å²) in [7, 11) is 0. The molecule has 0 aromatic carbocycles. The average Bonchev–Trinajstić information content (AvgIpc) is 2.71. The predicted molar refractivity (Wildman–Crippen MR) is 48.9 cm³/mol. The lowest BCUT2D eigenvalue weighted by atomic mass is 10.3. The van der Waals surface area contributed by atoms with Gasteiger partial charge in [0.2, 0.25) is 5.28 Å². The maximum Gasteiger partial charge on any atom is 0.258 e. The molecule has 1 aliphatic heterocycles. The van der Waals surface area contributed by atoms with Crippen LogP contribution in [-0.2, 0) is 4.74 Å². The van der Waals surface area contributed by atoms with Gasteiger partial charge < -0.3 is 9.64 Å². The molecule has 0 saturated carbocycles. The van der Waals surface area contributed by atoms with Crippen molar-refractivity contribution >= 4 is 17.5 Å². The lowest BCUT2D eigenvalue weighted by Gasteiger charge is -2.12. The molecule has 1 aliphatic rings. The third-order valence-corrected chi connectivity index (χ3v) is 2.10. The molecular formula is C8H8ClN3O2. The Morgan fingerprint density at radius 3 is 2.79 bits per heavy atom. The van der Waals surface area contributed by atoms with Gasteiger partial charge in [-0.05, 0) is 11.6 Å². The van der Waals surface area contributed by atoms with Crippen molar-refractivity contribution in [2.75, 3.05) is 19.9 Å². The van der Waals surface area contributed by atoms with Crippen LogP contribution in [0, 0.1) is 0 Å². The van der Waals surface area contributed by atoms with E-state index in [1.807, 2.05) is 0 Å². The van der Waals surface area contributed by atoms with Gasteiger partial charge in [-0.1, -0.05) is 0 Å². The second-order valence-corrected chi connectivity index (χ2v) is 3.18. The maximum absolute atomic E-state index is 11.7. The van der Waals surface area contributed by atoms with E-state index < -0.39 is 0 Å². The zero-order chi connectivity index (χ0) is 9.97. The molecule has 1 aromatic rings. The number of carbonyl (C=O) groups excluding carboxylic acids is 1. The summed E-state index contributed by atoms with van der Waals surface area (Å²) in [6.45, 7) is 1.53. The van der Waals surface area contributed by atoms with E-state index in [4.69, 9.17) is 16.3 Å². The molecule has 0 spiro atoms. The first-order chi connectivity index (χ1) is 6.77. The van der Waals surface area contributed by atoms with E-state index in [0.29, 0.717) is 25.4 Å². The van der Waals surface area contributed by atoms with Gasteiger partial charge in [0.25, 0.3) is 5.91 Å². The molecule has 0 unspecified atom stereocenters. The Bertz CT molecular complexity index is 335. The van der Waals surface area contributed by atoms with Crippen LogP contribution in [0.1, 0.15) is 10.4 Å². The van der Waals surface area contributed by atoms with Crippen LogP contribution in [0.3, 0.4) is 0 Å². The molecule has 6 heteroatoms. The highest BCUT2D eigenvalue weighted by Crippen LogP contribution is 2.07. The Hall–Kier alpha value is -1.20. The molecule has 0 radical (unpaired) electrons. The van der Waals surface area contributed by atoms with Gasteiger partial charge >= 0.3 is 0 Å². The smallest absolute Gasteiger partial charge is 0.258 e. The SMILES string of the molecule is O=C(c1cnc(Cl)nc1)N1CCOC1. The second kappa shape index (κ2) is 3.89. The van der Waals surface area contributed by atoms with E-state index >= 15 is 0 Å². The Labute approximate surface area is 85.7 Å². The summed E-state index contributed by atoms with van der Waals surface area (Å²) in [5.41, 5.74) is 0.430. The Balaban J connectivity index is 2.14. The number of ether oxygens (including phenoxy) is 1. The zero-order valence-corrected chi connectivity index (χ0v) is 8.07. The quantitative estimate of drug-likeness (QED) is 0.640. The summed E-state index contributed by atoms with van der Waals surface area (Å²) in [6.07, 6.45) is 2.83. The van der Waals surface area contributed by atoms with Crippen LogP contribution in [0.2, 0.25) is 5.28 Å². The standard InChI is InChI=1S/C8H8ClN3O2/c9-8-10-3-6(4-11-8)7(13)12-1-2-14-5-12/h3-4H,1-2,5H2. The summed E-state index contributed by atoms with van der Waals surface area (Å²) >= 11 is 5.50. The van der Waals surface area contributed by atoms with Crippen LogP contribution in [0.5, 0.6) is 0 Å². The molecule has 1 fully saturated rings. The molecule has 1 saturated heterocycles. The van der Waals surface area contributed by atoms with Gasteiger partial charge in [0, 0.05) is 18.9 Å². The molecule has 2 rings (SSSR count). The lowest BCUT2D eigenvalue weighted by Crippen LogP contribution is -2.28. The number of hydrogen-bond donors (Lipinski definition) is 0. The Morgan fingerprint density at radius 1 is 1.50 bits per heavy atom. The first kappa shape index (κ1) is 9.36. The van der Waals surface area contributed by atoms with Crippen molar-refractivity contribution in [3.8, 4) is 0 Å². The maximum atomic E-state index is 11.7. The fraction of sp³-hybridized carbons (Fsp3) is 0.375. The van der Waals surface area contributed by atoms with Crippen LogP contribution >= 0.6 is 11.6 Å². The van der Waals surface area contributed by atoms with Gasteiger partial charge in [-0.25, -0.2) is 9.97 Å². The van der Waals surface area contributed by atoms with E-state index in [-0.39, 0.29) is 11.2 Å². The largest absolute Gasteiger partial charge is 0.359 e. The topological polar surface area (TPSA) is 55.3 Å². The van der Waals surface area contributed by atoms with Crippen molar-refractivity contribution in [3.63, 3.8) is 0 Å². The van der Waals surface area contributed by atoms with Crippen LogP contribution < -0.4 is 0 Å². The van der Waals surface area contributed by atoms with E-state index in [0.717, 1.165) is 0 Å². The Kier molecular flexibility index (Phi) is 2.60. The molecule has 1 amide bonds. The minimum absolute atomic E-state index is 0.126. The third kappa shape index (κ3) is 1.83. The first-order valence-corrected chi connectivity index (χ1v) is 4.50. The van der Waals surface area contributed by atoms with Crippen molar-refractivity contribution < 1.29 is 9.53 Å². The molecule has 0 bridgehead atoms. The highest BCUT2D eigenvalue weighted by Gasteiger charge is 2.20. The molecule has 5 nitrogen and oxygen atoms in total. The van der Waals surface area contributed by atoms with Crippen LogP contribution in [0.25, 0.3) is 0 Å². The lowest BCUT2D eigenvalue weighted by molar-refractivity contribution is 0.0694. The van der Waals surface area contributed by atoms with Crippen molar-refractivity contribution in [2.24, 2.45) is 0 Å². The normalized spacial score (nSPS) is 15.9. The van der Waals surface area contributed by atoms with Gasteiger partial charge in [0.15, 0.2) is 0 Å². The number of carbonyl (C=O) groups is 1. The molecule has 2 heterocycles. The van der Waals surface area contributed by atoms with Gasteiger partial charge in [-0.2, -0.15) is 0 Å². The van der Waals surface area contributed by atoms with Crippen molar-refractivity contribution in [1.82, 2.24) is 14.9 Å². The van der Waals surface area contributed by atoms with Crippen LogP contribution in [-0.4, -0.2) is 40.7 Å². The van der Waals surface area contributed by atoms with Gasteiger partial charge in [-0.3, -0.25) is 4.79 Å². The molecule has 14 heavy (non-hydrogen) atoms. The average molecular weight is 214 g/mol. The van der Waals surface area contributed by atoms with E-state index in [1.54, 1.807) is 4.90 Å². The van der Waals surface area contributed by atoms with Crippen molar-refractivity contribution in [2.45, 2.75) is 0 Å². The number of amides is 1. The Morgan fingerprint density at radius 2 is 2.21 bits per heavy atom. The van der Waals surface area contributed by atoms with Gasteiger partial charge in [-0.15, -0.1) is 0 Å². The van der Waals surface area contributed by atoms with E-state index in [1.165, 1.54) is 12.4 Å². The monoisotopic (exact) mass is 213 g/mol. The number of halogens is 1. The predicted octanol–water partition coefficient (Wildman–Crippen LogP) is 0.560. The zero-order valence-electron chi connectivity index (χ0n) is 7.31. The van der Waals surface area contributed by atoms with Crippen molar-refractivity contribution in [1.29, 1.82) is 0 Å². The van der Waals surface area contributed by atoms with Gasteiger partial charge in [0.05, 0.1) is 12.2 Å². The molecule has 1 aromatic heterocycles. The highest BCUT2D eigenvalue weighted by atomic mass is 35.5. The number of rotatable bonds is 1. The molecule has 0 aliphatic carbocycles. The summed E-state index contributed by atoms with van der Waals surface area (Å²) in [4.78, 5) is 20.7. The number of aromatic nitrogens is 2. The summed E-state index contributed by atoms with van der Waals surface area (Å²) in [5.74, 6) is -0.126. The number of hydrogen-bond acceptors (Lipinski definition) is 4. The summed E-state index contributed by atoms with van der Waals surface area (Å²) in [5, 5.41) is 0.138. The summed E-state index contributed by atoms with van der Waals surface area (Å²) < 4.78 is 5.06. The minimum Gasteiger partial charge on any atom is -0.359 e. The molecular weight excluding hydrogens is 206 g/mol. The van der Waals surface area contributed by atoms with Crippen LogP contribution in [0.15, 0.2) is 12.4 Å². The number of nitrogens with zero attached hydrogens (tertiary/aromatic N) is 3. The molecule has 74 valence electrons. The fourth-order valence-electron chi connectivity index (χ4n) is 1.18. The van der Waals surface area contributed by atoms with Crippen LogP contribution in [0.4, 0.5) is 0 Å². The minimum atomic E-state index is -0.126. The van der Waals surface area contributed by atoms with E-state index in [9.17, 15) is 4.79 Å².